The first-order valence-electron chi connectivity index (χ1n) is 8.66. The number of carbonyl (C=O) groups is 3. The Hall–Kier alpha value is -1.28. The van der Waals surface area contributed by atoms with Crippen molar-refractivity contribution in [1.29, 1.82) is 0 Å². The molecule has 0 heterocycles. The van der Waals surface area contributed by atoms with E-state index in [1.807, 2.05) is 34.0 Å². The lowest BCUT2D eigenvalue weighted by molar-refractivity contribution is -0.142. The van der Waals surface area contributed by atoms with Gasteiger partial charge in [0.05, 0.1) is 6.04 Å². The zero-order valence-corrected chi connectivity index (χ0v) is 16.7. The Morgan fingerprint density at radius 3 is 1.92 bits per heavy atom. The summed E-state index contributed by atoms with van der Waals surface area (Å²) >= 11 is 1.55. The van der Waals surface area contributed by atoms with Gasteiger partial charge in [0.2, 0.25) is 11.8 Å². The minimum Gasteiger partial charge on any atom is -0.480 e. The highest BCUT2D eigenvalue weighted by Gasteiger charge is 2.28. The lowest BCUT2D eigenvalue weighted by Gasteiger charge is -2.23. The van der Waals surface area contributed by atoms with Crippen LogP contribution in [0.25, 0.3) is 0 Å². The van der Waals surface area contributed by atoms with Gasteiger partial charge < -0.3 is 21.5 Å². The Bertz CT molecular complexity index is 444. The van der Waals surface area contributed by atoms with Crippen LogP contribution in [0.5, 0.6) is 0 Å². The van der Waals surface area contributed by atoms with Crippen LogP contribution >= 0.6 is 11.8 Å². The molecule has 5 N–H and O–H groups in total. The van der Waals surface area contributed by atoms with E-state index in [0.29, 0.717) is 25.0 Å². The number of hydrogen-bond donors (Lipinski definition) is 4. The van der Waals surface area contributed by atoms with E-state index in [1.54, 1.807) is 11.8 Å². The van der Waals surface area contributed by atoms with Crippen LogP contribution in [0.4, 0.5) is 0 Å². The third kappa shape index (κ3) is 10.3. The van der Waals surface area contributed by atoms with Crippen LogP contribution in [-0.2, 0) is 14.4 Å². The summed E-state index contributed by atoms with van der Waals surface area (Å²) in [7, 11) is 0. The molecular formula is C17H33N3O4S. The third-order valence-corrected chi connectivity index (χ3v) is 4.27. The van der Waals surface area contributed by atoms with Gasteiger partial charge in [-0.15, -0.1) is 0 Å². The maximum Gasteiger partial charge on any atom is 0.326 e. The van der Waals surface area contributed by atoms with Gasteiger partial charge in [0.1, 0.15) is 12.1 Å². The lowest BCUT2D eigenvalue weighted by atomic mass is 10.0. The van der Waals surface area contributed by atoms with Crippen molar-refractivity contribution in [3.63, 3.8) is 0 Å². The van der Waals surface area contributed by atoms with E-state index < -0.39 is 30.0 Å². The maximum atomic E-state index is 12.5. The van der Waals surface area contributed by atoms with Gasteiger partial charge in [-0.05, 0) is 43.1 Å². The number of carboxylic acids is 1. The fourth-order valence-corrected chi connectivity index (χ4v) is 2.83. The van der Waals surface area contributed by atoms with Crippen molar-refractivity contribution >= 4 is 29.5 Å². The minimum atomic E-state index is -1.08. The summed E-state index contributed by atoms with van der Waals surface area (Å²) in [5.74, 6) is -0.882. The first kappa shape index (κ1) is 23.7. The molecule has 0 spiro atoms. The van der Waals surface area contributed by atoms with Crippen LogP contribution in [0.1, 0.15) is 47.0 Å². The first-order valence-corrected chi connectivity index (χ1v) is 10.1. The average molecular weight is 376 g/mol. The van der Waals surface area contributed by atoms with Gasteiger partial charge in [0, 0.05) is 0 Å². The van der Waals surface area contributed by atoms with Gasteiger partial charge in [-0.3, -0.25) is 9.59 Å². The predicted molar refractivity (Wildman–Crippen MR) is 101 cm³/mol. The van der Waals surface area contributed by atoms with Gasteiger partial charge >= 0.3 is 5.97 Å². The van der Waals surface area contributed by atoms with E-state index in [4.69, 9.17) is 5.73 Å². The summed E-state index contributed by atoms with van der Waals surface area (Å²) in [5, 5.41) is 14.5. The number of hydrogen-bond acceptors (Lipinski definition) is 5. The van der Waals surface area contributed by atoms with Crippen molar-refractivity contribution in [2.45, 2.75) is 65.1 Å². The minimum absolute atomic E-state index is 0.125. The quantitative estimate of drug-likeness (QED) is 0.407. The molecule has 0 saturated carbocycles. The summed E-state index contributed by atoms with van der Waals surface area (Å²) < 4.78 is 0. The lowest BCUT2D eigenvalue weighted by Crippen LogP contribution is -2.54. The van der Waals surface area contributed by atoms with E-state index in [1.165, 1.54) is 0 Å². The van der Waals surface area contributed by atoms with Gasteiger partial charge in [0.25, 0.3) is 0 Å². The van der Waals surface area contributed by atoms with Gasteiger partial charge in [-0.25, -0.2) is 4.79 Å². The molecule has 0 aliphatic rings. The SMILES string of the molecule is CSCCC(NC(=O)C(N)CC(C)C)C(=O)NC(CC(C)C)C(=O)O. The Kier molecular flexibility index (Phi) is 11.5. The normalized spacial score (nSPS) is 14.9. The Labute approximate surface area is 154 Å². The molecule has 0 aromatic rings. The Morgan fingerprint density at radius 2 is 1.48 bits per heavy atom. The van der Waals surface area contributed by atoms with E-state index in [0.717, 1.165) is 0 Å². The van der Waals surface area contributed by atoms with Crippen LogP contribution in [0, 0.1) is 11.8 Å². The zero-order valence-electron chi connectivity index (χ0n) is 15.9. The number of carbonyl (C=O) groups excluding carboxylic acids is 2. The second kappa shape index (κ2) is 12.1. The fourth-order valence-electron chi connectivity index (χ4n) is 2.36. The molecule has 0 aliphatic carbocycles. The highest BCUT2D eigenvalue weighted by molar-refractivity contribution is 7.98. The van der Waals surface area contributed by atoms with Crippen molar-refractivity contribution in [3.05, 3.63) is 0 Å². The number of thioether (sulfide) groups is 1. The molecule has 3 atom stereocenters. The van der Waals surface area contributed by atoms with Gasteiger partial charge in [-0.1, -0.05) is 27.7 Å². The summed E-state index contributed by atoms with van der Waals surface area (Å²) in [6.07, 6.45) is 3.17. The summed E-state index contributed by atoms with van der Waals surface area (Å²) in [6, 6.07) is -2.44. The smallest absolute Gasteiger partial charge is 0.326 e. The number of nitrogens with two attached hydrogens (primary N) is 1. The highest BCUT2D eigenvalue weighted by atomic mass is 32.2. The average Bonchev–Trinajstić information content (AvgIpc) is 2.48. The standard InChI is InChI=1S/C17H33N3O4S/c1-10(2)8-12(18)15(21)19-13(6-7-25-5)16(22)20-14(17(23)24)9-11(3)4/h10-14H,6-9,18H2,1-5H3,(H,19,21)(H,20,22)(H,23,24). The molecule has 8 heteroatoms. The molecule has 0 saturated heterocycles. The summed E-state index contributed by atoms with van der Waals surface area (Å²) in [6.45, 7) is 7.71. The fraction of sp³-hybridized carbons (Fsp3) is 0.824. The summed E-state index contributed by atoms with van der Waals surface area (Å²) in [4.78, 5) is 36.0. The Morgan fingerprint density at radius 1 is 0.960 bits per heavy atom. The molecule has 146 valence electrons. The molecule has 0 bridgehead atoms. The van der Waals surface area contributed by atoms with Crippen LogP contribution < -0.4 is 16.4 Å². The van der Waals surface area contributed by atoms with Crippen molar-refractivity contribution in [1.82, 2.24) is 10.6 Å². The van der Waals surface area contributed by atoms with Crippen LogP contribution in [-0.4, -0.2) is 53.0 Å². The molecule has 0 aromatic heterocycles. The van der Waals surface area contributed by atoms with E-state index >= 15 is 0 Å². The number of carboxylic acid groups (broad SMARTS) is 1. The number of rotatable bonds is 12. The van der Waals surface area contributed by atoms with E-state index in [9.17, 15) is 19.5 Å². The molecule has 0 aliphatic heterocycles. The molecule has 3 unspecified atom stereocenters. The zero-order chi connectivity index (χ0) is 19.6. The third-order valence-electron chi connectivity index (χ3n) is 3.63. The molecule has 0 radical (unpaired) electrons. The van der Waals surface area contributed by atoms with Crippen molar-refractivity contribution in [2.75, 3.05) is 12.0 Å². The highest BCUT2D eigenvalue weighted by Crippen LogP contribution is 2.08. The largest absolute Gasteiger partial charge is 0.480 e. The second-order valence-electron chi connectivity index (χ2n) is 7.11. The number of amides is 2. The van der Waals surface area contributed by atoms with E-state index in [2.05, 4.69) is 10.6 Å². The number of nitrogens with one attached hydrogen (secondary N) is 2. The molecule has 25 heavy (non-hydrogen) atoms. The van der Waals surface area contributed by atoms with E-state index in [-0.39, 0.29) is 17.7 Å². The topological polar surface area (TPSA) is 122 Å². The maximum absolute atomic E-state index is 12.5. The Balaban J connectivity index is 4.95. The molecular weight excluding hydrogens is 342 g/mol. The summed E-state index contributed by atoms with van der Waals surface area (Å²) in [5.41, 5.74) is 5.87. The monoisotopic (exact) mass is 375 g/mol. The van der Waals surface area contributed by atoms with Gasteiger partial charge in [-0.2, -0.15) is 11.8 Å². The number of aliphatic carboxylic acids is 1. The molecule has 7 nitrogen and oxygen atoms in total. The van der Waals surface area contributed by atoms with Crippen LogP contribution in [0.2, 0.25) is 0 Å². The predicted octanol–water partition coefficient (Wildman–Crippen LogP) is 1.21. The molecule has 0 aromatic carbocycles. The molecule has 2 amide bonds. The van der Waals surface area contributed by atoms with Crippen molar-refractivity contribution in [2.24, 2.45) is 17.6 Å². The second-order valence-corrected chi connectivity index (χ2v) is 8.09. The van der Waals surface area contributed by atoms with Crippen LogP contribution in [0.15, 0.2) is 0 Å². The van der Waals surface area contributed by atoms with Crippen molar-refractivity contribution < 1.29 is 19.5 Å². The van der Waals surface area contributed by atoms with Gasteiger partial charge in [0.15, 0.2) is 0 Å². The van der Waals surface area contributed by atoms with Crippen LogP contribution in [0.3, 0.4) is 0 Å². The molecule has 0 rings (SSSR count). The molecule has 0 fully saturated rings. The first-order chi connectivity index (χ1) is 11.6. The van der Waals surface area contributed by atoms with Crippen molar-refractivity contribution in [3.8, 4) is 0 Å².